The van der Waals surface area contributed by atoms with Gasteiger partial charge in [0.1, 0.15) is 10.8 Å². The minimum Gasteiger partial charge on any atom is -0.483 e. The van der Waals surface area contributed by atoms with Crippen LogP contribution in [0.5, 0.6) is 5.75 Å². The van der Waals surface area contributed by atoms with Crippen LogP contribution in [0.3, 0.4) is 0 Å². The molecule has 100 valence electrons. The summed E-state index contributed by atoms with van der Waals surface area (Å²) in [6.45, 7) is 2.42. The largest absolute Gasteiger partial charge is 0.483 e. The lowest BCUT2D eigenvalue weighted by Crippen LogP contribution is -2.28. The molecule has 2 rings (SSSR count). The van der Waals surface area contributed by atoms with Crippen molar-refractivity contribution in [1.82, 2.24) is 10.3 Å². The summed E-state index contributed by atoms with van der Waals surface area (Å²) < 4.78 is 6.25. The average Bonchev–Trinajstić information content (AvgIpc) is 2.81. The molecular formula is C13H13BrN2O2S. The second kappa shape index (κ2) is 6.68. The van der Waals surface area contributed by atoms with Crippen LogP contribution in [0, 0.1) is 6.92 Å². The molecule has 0 unspecified atom stereocenters. The molecule has 0 aliphatic carbocycles. The maximum atomic E-state index is 11.6. The quantitative estimate of drug-likeness (QED) is 0.910. The molecule has 4 nitrogen and oxygen atoms in total. The first-order valence-corrected chi connectivity index (χ1v) is 7.31. The fraction of sp³-hybridized carbons (Fsp3) is 0.231. The number of aromatic nitrogens is 1. The molecular weight excluding hydrogens is 328 g/mol. The van der Waals surface area contributed by atoms with Gasteiger partial charge >= 0.3 is 0 Å². The molecule has 0 bridgehead atoms. The Hall–Kier alpha value is -1.40. The first-order valence-electron chi connectivity index (χ1n) is 5.70. The summed E-state index contributed by atoms with van der Waals surface area (Å²) in [7, 11) is 0. The van der Waals surface area contributed by atoms with Gasteiger partial charge in [-0.15, -0.1) is 11.3 Å². The predicted octanol–water partition coefficient (Wildman–Crippen LogP) is 2.91. The second-order valence-corrected chi connectivity index (χ2v) is 6.03. The van der Waals surface area contributed by atoms with Gasteiger partial charge in [0.15, 0.2) is 6.61 Å². The molecule has 6 heteroatoms. The highest BCUT2D eigenvalue weighted by Crippen LogP contribution is 2.23. The molecule has 0 spiro atoms. The number of hydrogen-bond acceptors (Lipinski definition) is 4. The lowest BCUT2D eigenvalue weighted by Gasteiger charge is -2.07. The van der Waals surface area contributed by atoms with E-state index in [1.165, 1.54) is 0 Å². The van der Waals surface area contributed by atoms with Gasteiger partial charge in [-0.05, 0) is 35.0 Å². The zero-order valence-electron chi connectivity index (χ0n) is 10.4. The van der Waals surface area contributed by atoms with Gasteiger partial charge in [0.25, 0.3) is 5.91 Å². The van der Waals surface area contributed by atoms with Crippen LogP contribution in [0.15, 0.2) is 34.9 Å². The topological polar surface area (TPSA) is 51.2 Å². The number of halogens is 1. The fourth-order valence-corrected chi connectivity index (χ4v) is 2.54. The average molecular weight is 341 g/mol. The third-order valence-electron chi connectivity index (χ3n) is 2.30. The Labute approximate surface area is 124 Å². The van der Waals surface area contributed by atoms with E-state index < -0.39 is 0 Å². The van der Waals surface area contributed by atoms with Gasteiger partial charge in [0, 0.05) is 11.1 Å². The van der Waals surface area contributed by atoms with Gasteiger partial charge in [-0.25, -0.2) is 4.98 Å². The number of carbonyl (C=O) groups excluding carboxylic acids is 1. The Morgan fingerprint density at radius 1 is 1.47 bits per heavy atom. The lowest BCUT2D eigenvalue weighted by atomic mass is 10.3. The summed E-state index contributed by atoms with van der Waals surface area (Å²) in [6, 6.07) is 7.42. The van der Waals surface area contributed by atoms with E-state index in [-0.39, 0.29) is 12.5 Å². The van der Waals surface area contributed by atoms with Crippen LogP contribution in [-0.2, 0) is 11.3 Å². The van der Waals surface area contributed by atoms with E-state index in [1.807, 2.05) is 31.2 Å². The van der Waals surface area contributed by atoms with Crippen LogP contribution in [0.2, 0.25) is 0 Å². The Morgan fingerprint density at radius 3 is 2.95 bits per heavy atom. The van der Waals surface area contributed by atoms with Crippen molar-refractivity contribution in [3.8, 4) is 5.75 Å². The van der Waals surface area contributed by atoms with Crippen molar-refractivity contribution >= 4 is 33.2 Å². The Morgan fingerprint density at radius 2 is 2.26 bits per heavy atom. The third-order valence-corrected chi connectivity index (χ3v) is 3.87. The van der Waals surface area contributed by atoms with E-state index in [4.69, 9.17) is 4.74 Å². The summed E-state index contributed by atoms with van der Waals surface area (Å²) in [6.07, 6.45) is 1.80. The van der Waals surface area contributed by atoms with Crippen LogP contribution in [-0.4, -0.2) is 17.5 Å². The van der Waals surface area contributed by atoms with Crippen molar-refractivity contribution in [3.63, 3.8) is 0 Å². The number of aryl methyl sites for hydroxylation is 1. The second-order valence-electron chi connectivity index (χ2n) is 3.86. The van der Waals surface area contributed by atoms with E-state index in [2.05, 4.69) is 26.2 Å². The van der Waals surface area contributed by atoms with Gasteiger partial charge in [-0.1, -0.05) is 12.1 Å². The highest BCUT2D eigenvalue weighted by molar-refractivity contribution is 9.10. The minimum atomic E-state index is -0.163. The number of nitrogens with zero attached hydrogens (tertiary/aromatic N) is 1. The number of ether oxygens (including phenoxy) is 1. The normalized spacial score (nSPS) is 10.2. The van der Waals surface area contributed by atoms with Crippen LogP contribution >= 0.6 is 27.3 Å². The Bertz CT molecular complexity index is 571. The minimum absolute atomic E-state index is 0.00697. The van der Waals surface area contributed by atoms with E-state index in [0.717, 1.165) is 14.4 Å². The molecule has 1 aromatic heterocycles. The molecule has 0 radical (unpaired) electrons. The summed E-state index contributed by atoms with van der Waals surface area (Å²) in [5.41, 5.74) is 0. The van der Waals surface area contributed by atoms with Crippen molar-refractivity contribution in [2.24, 2.45) is 0 Å². The number of hydrogen-bond donors (Lipinski definition) is 1. The van der Waals surface area contributed by atoms with Crippen LogP contribution in [0.1, 0.15) is 9.88 Å². The van der Waals surface area contributed by atoms with Gasteiger partial charge in [0.2, 0.25) is 0 Å². The molecule has 0 aliphatic rings. The smallest absolute Gasteiger partial charge is 0.258 e. The van der Waals surface area contributed by atoms with Crippen LogP contribution in [0.4, 0.5) is 0 Å². The maximum Gasteiger partial charge on any atom is 0.258 e. The first kappa shape index (κ1) is 14.0. The molecule has 1 amide bonds. The molecule has 0 fully saturated rings. The number of benzene rings is 1. The van der Waals surface area contributed by atoms with E-state index >= 15 is 0 Å². The molecule has 0 aliphatic heterocycles. The molecule has 2 aromatic rings. The number of amides is 1. The Kier molecular flexibility index (Phi) is 4.93. The monoisotopic (exact) mass is 340 g/mol. The zero-order valence-corrected chi connectivity index (χ0v) is 12.8. The molecule has 0 saturated heterocycles. The van der Waals surface area contributed by atoms with E-state index in [0.29, 0.717) is 12.3 Å². The number of nitrogens with one attached hydrogen (secondary N) is 1. The van der Waals surface area contributed by atoms with Crippen LogP contribution < -0.4 is 10.1 Å². The van der Waals surface area contributed by atoms with Crippen molar-refractivity contribution in [1.29, 1.82) is 0 Å². The zero-order chi connectivity index (χ0) is 13.7. The van der Waals surface area contributed by atoms with Gasteiger partial charge in [-0.2, -0.15) is 0 Å². The lowest BCUT2D eigenvalue weighted by molar-refractivity contribution is -0.123. The standard InChI is InChI=1S/C13H13BrN2O2S/c1-9-6-16-13(19-9)7-15-12(17)8-18-11-5-3-2-4-10(11)14/h2-6H,7-8H2,1H3,(H,15,17). The van der Waals surface area contributed by atoms with Crippen molar-refractivity contribution in [3.05, 3.63) is 44.8 Å². The summed E-state index contributed by atoms with van der Waals surface area (Å²) >= 11 is 4.93. The highest BCUT2D eigenvalue weighted by Gasteiger charge is 2.06. The van der Waals surface area contributed by atoms with Gasteiger partial charge < -0.3 is 10.1 Å². The SMILES string of the molecule is Cc1cnc(CNC(=O)COc2ccccc2Br)s1. The van der Waals surface area contributed by atoms with E-state index in [9.17, 15) is 4.79 Å². The van der Waals surface area contributed by atoms with E-state index in [1.54, 1.807) is 17.5 Å². The first-order chi connectivity index (χ1) is 9.15. The van der Waals surface area contributed by atoms with Crippen molar-refractivity contribution in [2.75, 3.05) is 6.61 Å². The third kappa shape index (κ3) is 4.33. The molecule has 1 N–H and O–H groups in total. The molecule has 0 atom stereocenters. The molecule has 19 heavy (non-hydrogen) atoms. The Balaban J connectivity index is 1.77. The van der Waals surface area contributed by atoms with Crippen molar-refractivity contribution < 1.29 is 9.53 Å². The summed E-state index contributed by atoms with van der Waals surface area (Å²) in [5.74, 6) is 0.492. The number of rotatable bonds is 5. The molecule has 0 saturated carbocycles. The van der Waals surface area contributed by atoms with Crippen molar-refractivity contribution in [2.45, 2.75) is 13.5 Å². The number of para-hydroxylation sites is 1. The highest BCUT2D eigenvalue weighted by atomic mass is 79.9. The van der Waals surface area contributed by atoms with Gasteiger partial charge in [-0.3, -0.25) is 4.79 Å². The van der Waals surface area contributed by atoms with Crippen LogP contribution in [0.25, 0.3) is 0 Å². The fourth-order valence-electron chi connectivity index (χ4n) is 1.41. The number of thiazole rings is 1. The molecule has 1 heterocycles. The predicted molar refractivity (Wildman–Crippen MR) is 78.3 cm³/mol. The maximum absolute atomic E-state index is 11.6. The summed E-state index contributed by atoms with van der Waals surface area (Å²) in [4.78, 5) is 16.9. The van der Waals surface area contributed by atoms with Gasteiger partial charge in [0.05, 0.1) is 11.0 Å². The summed E-state index contributed by atoms with van der Waals surface area (Å²) in [5, 5.41) is 3.67. The number of carbonyl (C=O) groups is 1. The molecule has 1 aromatic carbocycles.